The van der Waals surface area contributed by atoms with E-state index in [0.29, 0.717) is 6.04 Å². The lowest BCUT2D eigenvalue weighted by molar-refractivity contribution is -0.0326. The van der Waals surface area contributed by atoms with Crippen LogP contribution < -0.4 is 0 Å². The average Bonchev–Trinajstić information content (AvgIpc) is 2.29. The second-order valence-electron chi connectivity index (χ2n) is 5.41. The maximum Gasteiger partial charge on any atom is 0.0935 e. The third kappa shape index (κ3) is 2.67. The summed E-state index contributed by atoms with van der Waals surface area (Å²) >= 11 is 0. The van der Waals surface area contributed by atoms with Crippen molar-refractivity contribution in [1.82, 2.24) is 9.88 Å². The predicted octanol–water partition coefficient (Wildman–Crippen LogP) is 2.08. The maximum atomic E-state index is 10.7. The van der Waals surface area contributed by atoms with E-state index in [2.05, 4.69) is 29.8 Å². The number of piperidine rings is 1. The first-order chi connectivity index (χ1) is 8.01. The number of nitrogens with zero attached hydrogens (tertiary/aromatic N) is 2. The summed E-state index contributed by atoms with van der Waals surface area (Å²) in [6.45, 7) is 8.35. The SMILES string of the molecule is Cc1cncc(C2(O)CCN(C(C)C)CC2)c1. The summed E-state index contributed by atoms with van der Waals surface area (Å²) in [4.78, 5) is 6.60. The van der Waals surface area contributed by atoms with Crippen molar-refractivity contribution in [3.63, 3.8) is 0 Å². The highest BCUT2D eigenvalue weighted by molar-refractivity contribution is 5.23. The lowest BCUT2D eigenvalue weighted by Gasteiger charge is -2.40. The topological polar surface area (TPSA) is 36.4 Å². The molecule has 1 aliphatic heterocycles. The zero-order chi connectivity index (χ0) is 12.5. The Morgan fingerprint density at radius 2 is 1.94 bits per heavy atom. The molecule has 3 heteroatoms. The Morgan fingerprint density at radius 1 is 1.29 bits per heavy atom. The number of hydrogen-bond acceptors (Lipinski definition) is 3. The molecular weight excluding hydrogens is 212 g/mol. The number of rotatable bonds is 2. The van der Waals surface area contributed by atoms with Gasteiger partial charge in [-0.15, -0.1) is 0 Å². The first-order valence-corrected chi connectivity index (χ1v) is 6.40. The summed E-state index contributed by atoms with van der Waals surface area (Å²) in [5.74, 6) is 0. The number of hydrogen-bond donors (Lipinski definition) is 1. The fourth-order valence-electron chi connectivity index (χ4n) is 2.51. The molecule has 3 nitrogen and oxygen atoms in total. The molecule has 2 rings (SSSR count). The van der Waals surface area contributed by atoms with E-state index in [4.69, 9.17) is 0 Å². The molecule has 1 fully saturated rings. The molecule has 0 atom stereocenters. The van der Waals surface area contributed by atoms with Gasteiger partial charge in [0.2, 0.25) is 0 Å². The first-order valence-electron chi connectivity index (χ1n) is 6.40. The Bertz CT molecular complexity index is 382. The Labute approximate surface area is 103 Å². The van der Waals surface area contributed by atoms with Crippen molar-refractivity contribution in [2.24, 2.45) is 0 Å². The van der Waals surface area contributed by atoms with Crippen LogP contribution in [-0.2, 0) is 5.60 Å². The Morgan fingerprint density at radius 3 is 2.47 bits per heavy atom. The second kappa shape index (κ2) is 4.75. The highest BCUT2D eigenvalue weighted by Crippen LogP contribution is 2.33. The standard InChI is InChI=1S/C14H22N2O/c1-11(2)16-6-4-14(17,5-7-16)13-8-12(3)9-15-10-13/h8-11,17H,4-7H2,1-3H3. The fraction of sp³-hybridized carbons (Fsp3) is 0.643. The van der Waals surface area contributed by atoms with Crippen molar-refractivity contribution in [3.05, 3.63) is 29.6 Å². The van der Waals surface area contributed by atoms with E-state index in [0.717, 1.165) is 37.1 Å². The van der Waals surface area contributed by atoms with Gasteiger partial charge < -0.3 is 10.0 Å². The highest BCUT2D eigenvalue weighted by atomic mass is 16.3. The number of aromatic nitrogens is 1. The van der Waals surface area contributed by atoms with E-state index in [1.54, 1.807) is 6.20 Å². The Balaban J connectivity index is 2.12. The molecule has 0 amide bonds. The quantitative estimate of drug-likeness (QED) is 0.851. The van der Waals surface area contributed by atoms with Gasteiger partial charge in [0.1, 0.15) is 0 Å². The summed E-state index contributed by atoms with van der Waals surface area (Å²) in [6, 6.07) is 2.62. The van der Waals surface area contributed by atoms with E-state index in [-0.39, 0.29) is 0 Å². The molecule has 94 valence electrons. The van der Waals surface area contributed by atoms with Gasteiger partial charge in [0.05, 0.1) is 5.60 Å². The molecule has 1 aromatic rings. The third-order valence-electron chi connectivity index (χ3n) is 3.77. The molecule has 0 aromatic carbocycles. The molecule has 0 saturated carbocycles. The van der Waals surface area contributed by atoms with Gasteiger partial charge in [-0.05, 0) is 39.2 Å². The Hall–Kier alpha value is -0.930. The van der Waals surface area contributed by atoms with Crippen LogP contribution in [0.15, 0.2) is 18.5 Å². The molecule has 1 aromatic heterocycles. The van der Waals surface area contributed by atoms with Gasteiger partial charge in [0.15, 0.2) is 0 Å². The lowest BCUT2D eigenvalue weighted by Crippen LogP contribution is -2.45. The van der Waals surface area contributed by atoms with Gasteiger partial charge >= 0.3 is 0 Å². The monoisotopic (exact) mass is 234 g/mol. The van der Waals surface area contributed by atoms with E-state index >= 15 is 0 Å². The van der Waals surface area contributed by atoms with Crippen LogP contribution in [0.4, 0.5) is 0 Å². The zero-order valence-corrected chi connectivity index (χ0v) is 11.0. The predicted molar refractivity (Wildman–Crippen MR) is 68.8 cm³/mol. The molecule has 0 radical (unpaired) electrons. The van der Waals surface area contributed by atoms with Crippen molar-refractivity contribution in [2.45, 2.75) is 45.3 Å². The second-order valence-corrected chi connectivity index (χ2v) is 5.41. The largest absolute Gasteiger partial charge is 0.385 e. The maximum absolute atomic E-state index is 10.7. The first kappa shape index (κ1) is 12.5. The van der Waals surface area contributed by atoms with Crippen LogP contribution in [0.1, 0.15) is 37.8 Å². The molecule has 0 aliphatic carbocycles. The molecule has 17 heavy (non-hydrogen) atoms. The minimum atomic E-state index is -0.676. The minimum absolute atomic E-state index is 0.565. The molecule has 1 N–H and O–H groups in total. The van der Waals surface area contributed by atoms with Gasteiger partial charge in [0.25, 0.3) is 0 Å². The molecular formula is C14H22N2O. The van der Waals surface area contributed by atoms with Gasteiger partial charge in [-0.25, -0.2) is 0 Å². The summed E-state index contributed by atoms with van der Waals surface area (Å²) in [5.41, 5.74) is 1.41. The van der Waals surface area contributed by atoms with Crippen LogP contribution in [0.5, 0.6) is 0 Å². The molecule has 0 spiro atoms. The van der Waals surface area contributed by atoms with E-state index in [9.17, 15) is 5.11 Å². The summed E-state index contributed by atoms with van der Waals surface area (Å²) in [6.07, 6.45) is 5.24. The van der Waals surface area contributed by atoms with Crippen molar-refractivity contribution >= 4 is 0 Å². The summed E-state index contributed by atoms with van der Waals surface area (Å²) < 4.78 is 0. The molecule has 2 heterocycles. The highest BCUT2D eigenvalue weighted by Gasteiger charge is 2.34. The van der Waals surface area contributed by atoms with E-state index < -0.39 is 5.60 Å². The van der Waals surface area contributed by atoms with Crippen molar-refractivity contribution in [1.29, 1.82) is 0 Å². The Kier molecular flexibility index (Phi) is 3.50. The molecule has 0 bridgehead atoms. The normalized spacial score (nSPS) is 20.8. The van der Waals surface area contributed by atoms with Crippen LogP contribution in [-0.4, -0.2) is 34.1 Å². The molecule has 1 saturated heterocycles. The van der Waals surface area contributed by atoms with Crippen LogP contribution in [0.3, 0.4) is 0 Å². The number of pyridine rings is 1. The minimum Gasteiger partial charge on any atom is -0.385 e. The fourth-order valence-corrected chi connectivity index (χ4v) is 2.51. The molecule has 0 unspecified atom stereocenters. The van der Waals surface area contributed by atoms with Gasteiger partial charge in [0, 0.05) is 37.1 Å². The smallest absolute Gasteiger partial charge is 0.0935 e. The zero-order valence-electron chi connectivity index (χ0n) is 11.0. The number of likely N-dealkylation sites (tertiary alicyclic amines) is 1. The van der Waals surface area contributed by atoms with Gasteiger partial charge in [-0.2, -0.15) is 0 Å². The van der Waals surface area contributed by atoms with E-state index in [1.165, 1.54) is 0 Å². The van der Waals surface area contributed by atoms with Crippen LogP contribution >= 0.6 is 0 Å². The van der Waals surface area contributed by atoms with Gasteiger partial charge in [-0.1, -0.05) is 6.07 Å². The van der Waals surface area contributed by atoms with Gasteiger partial charge in [-0.3, -0.25) is 4.98 Å². The van der Waals surface area contributed by atoms with Crippen LogP contribution in [0.25, 0.3) is 0 Å². The third-order valence-corrected chi connectivity index (χ3v) is 3.77. The van der Waals surface area contributed by atoms with E-state index in [1.807, 2.05) is 13.1 Å². The summed E-state index contributed by atoms with van der Waals surface area (Å²) in [5, 5.41) is 10.7. The van der Waals surface area contributed by atoms with Crippen molar-refractivity contribution in [3.8, 4) is 0 Å². The van der Waals surface area contributed by atoms with Crippen LogP contribution in [0, 0.1) is 6.92 Å². The lowest BCUT2D eigenvalue weighted by atomic mass is 9.84. The number of aryl methyl sites for hydroxylation is 1. The average molecular weight is 234 g/mol. The van der Waals surface area contributed by atoms with Crippen molar-refractivity contribution in [2.75, 3.05) is 13.1 Å². The molecule has 1 aliphatic rings. The number of aliphatic hydroxyl groups is 1. The summed E-state index contributed by atoms with van der Waals surface area (Å²) in [7, 11) is 0. The van der Waals surface area contributed by atoms with Crippen LogP contribution in [0.2, 0.25) is 0 Å². The van der Waals surface area contributed by atoms with Crippen molar-refractivity contribution < 1.29 is 5.11 Å².